The van der Waals surface area contributed by atoms with Crippen molar-refractivity contribution in [3.63, 3.8) is 0 Å². The molecule has 1 atom stereocenters. The van der Waals surface area contributed by atoms with Crippen LogP contribution in [0.25, 0.3) is 10.6 Å². The first-order chi connectivity index (χ1) is 9.90. The maximum Gasteiger partial charge on any atom is 0.124 e. The molecular weight excluding hydrogens is 266 g/mol. The third-order valence-corrected chi connectivity index (χ3v) is 4.70. The zero-order valence-corrected chi connectivity index (χ0v) is 11.8. The second kappa shape index (κ2) is 4.89. The Hall–Kier alpha value is -1.91. The molecular formula is C16H15N3S. The molecule has 1 aliphatic rings. The van der Waals surface area contributed by atoms with E-state index in [1.807, 2.05) is 6.20 Å². The van der Waals surface area contributed by atoms with Gasteiger partial charge in [0.25, 0.3) is 0 Å². The van der Waals surface area contributed by atoms with Crippen LogP contribution in [0.4, 0.5) is 0 Å². The number of rotatable bonds is 2. The predicted molar refractivity (Wildman–Crippen MR) is 81.6 cm³/mol. The molecule has 0 spiro atoms. The average molecular weight is 281 g/mol. The van der Waals surface area contributed by atoms with Crippen molar-refractivity contribution in [1.29, 1.82) is 0 Å². The number of H-pyrrole nitrogens is 1. The summed E-state index contributed by atoms with van der Waals surface area (Å²) in [5, 5.41) is 5.65. The van der Waals surface area contributed by atoms with Crippen molar-refractivity contribution in [3.05, 3.63) is 64.9 Å². The molecule has 2 N–H and O–H groups in total. The smallest absolute Gasteiger partial charge is 0.124 e. The number of benzene rings is 1. The lowest BCUT2D eigenvalue weighted by atomic mass is 9.96. The maximum absolute atomic E-state index is 4.56. The van der Waals surface area contributed by atoms with Crippen molar-refractivity contribution in [2.45, 2.75) is 19.0 Å². The monoisotopic (exact) mass is 281 g/mol. The van der Waals surface area contributed by atoms with E-state index in [1.54, 1.807) is 11.3 Å². The highest BCUT2D eigenvalue weighted by Crippen LogP contribution is 2.27. The minimum Gasteiger partial charge on any atom is -0.340 e. The van der Waals surface area contributed by atoms with Crippen LogP contribution >= 0.6 is 11.3 Å². The molecule has 4 rings (SSSR count). The number of hydrogen-bond acceptors (Lipinski definition) is 3. The van der Waals surface area contributed by atoms with Crippen molar-refractivity contribution in [3.8, 4) is 10.6 Å². The topological polar surface area (TPSA) is 40.7 Å². The van der Waals surface area contributed by atoms with Gasteiger partial charge in [0.2, 0.25) is 0 Å². The molecule has 3 aromatic rings. The van der Waals surface area contributed by atoms with Crippen molar-refractivity contribution >= 4 is 11.3 Å². The minimum atomic E-state index is 0.276. The Labute approximate surface area is 121 Å². The first kappa shape index (κ1) is 11.9. The van der Waals surface area contributed by atoms with Gasteiger partial charge in [-0.15, -0.1) is 11.3 Å². The van der Waals surface area contributed by atoms with Crippen molar-refractivity contribution < 1.29 is 0 Å². The number of thiophene rings is 1. The summed E-state index contributed by atoms with van der Waals surface area (Å²) in [4.78, 5) is 9.25. The molecule has 0 aliphatic carbocycles. The highest BCUT2D eigenvalue weighted by Gasteiger charge is 2.21. The number of aromatic amines is 1. The van der Waals surface area contributed by atoms with E-state index in [1.165, 1.54) is 16.0 Å². The van der Waals surface area contributed by atoms with Gasteiger partial charge in [-0.05, 0) is 29.0 Å². The first-order valence-electron chi connectivity index (χ1n) is 6.79. The van der Waals surface area contributed by atoms with Gasteiger partial charge in [0.15, 0.2) is 0 Å². The summed E-state index contributed by atoms with van der Waals surface area (Å²) in [6.45, 7) is 0.913. The normalized spacial score (nSPS) is 17.9. The molecule has 4 heteroatoms. The molecule has 3 heterocycles. The van der Waals surface area contributed by atoms with E-state index < -0.39 is 0 Å². The molecule has 2 aromatic heterocycles. The van der Waals surface area contributed by atoms with E-state index in [4.69, 9.17) is 0 Å². The van der Waals surface area contributed by atoms with Crippen molar-refractivity contribution in [1.82, 2.24) is 15.3 Å². The summed E-state index contributed by atoms with van der Waals surface area (Å²) in [5.74, 6) is 1.03. The Kier molecular flexibility index (Phi) is 2.90. The van der Waals surface area contributed by atoms with Crippen LogP contribution in [0.15, 0.2) is 48.0 Å². The fraction of sp³-hybridized carbons (Fsp3) is 0.188. The highest BCUT2D eigenvalue weighted by molar-refractivity contribution is 7.13. The van der Waals surface area contributed by atoms with Gasteiger partial charge in [-0.1, -0.05) is 30.3 Å². The number of nitrogens with zero attached hydrogens (tertiary/aromatic N) is 1. The van der Waals surface area contributed by atoms with Gasteiger partial charge in [0.05, 0.1) is 22.8 Å². The molecule has 3 nitrogen and oxygen atoms in total. The fourth-order valence-corrected chi connectivity index (χ4v) is 3.41. The second-order valence-electron chi connectivity index (χ2n) is 5.07. The van der Waals surface area contributed by atoms with E-state index in [0.717, 1.165) is 24.5 Å². The zero-order valence-electron chi connectivity index (χ0n) is 11.0. The van der Waals surface area contributed by atoms with Crippen LogP contribution < -0.4 is 5.32 Å². The number of imidazole rings is 1. The van der Waals surface area contributed by atoms with Crippen molar-refractivity contribution in [2.75, 3.05) is 0 Å². The lowest BCUT2D eigenvalue weighted by Gasteiger charge is -2.24. The maximum atomic E-state index is 4.56. The van der Waals surface area contributed by atoms with Gasteiger partial charge in [0.1, 0.15) is 5.82 Å². The summed E-state index contributed by atoms with van der Waals surface area (Å²) in [7, 11) is 0. The predicted octanol–water partition coefficient (Wildman–Crippen LogP) is 3.53. The third kappa shape index (κ3) is 2.07. The molecule has 0 saturated heterocycles. The molecule has 0 radical (unpaired) electrons. The Morgan fingerprint density at radius 1 is 1.10 bits per heavy atom. The van der Waals surface area contributed by atoms with Crippen LogP contribution in [0.1, 0.15) is 23.0 Å². The number of aromatic nitrogens is 2. The summed E-state index contributed by atoms with van der Waals surface area (Å²) < 4.78 is 0. The van der Waals surface area contributed by atoms with Crippen LogP contribution in [0, 0.1) is 0 Å². The summed E-state index contributed by atoms with van der Waals surface area (Å²) >= 11 is 1.73. The lowest BCUT2D eigenvalue weighted by Crippen LogP contribution is -2.29. The van der Waals surface area contributed by atoms with E-state index >= 15 is 0 Å². The molecule has 0 saturated carbocycles. The summed E-state index contributed by atoms with van der Waals surface area (Å²) in [5.41, 5.74) is 3.93. The first-order valence-corrected chi connectivity index (χ1v) is 7.67. The average Bonchev–Trinajstić information content (AvgIpc) is 3.17. The quantitative estimate of drug-likeness (QED) is 0.754. The molecule has 1 aliphatic heterocycles. The molecule has 1 aromatic carbocycles. The van der Waals surface area contributed by atoms with Gasteiger partial charge in [-0.3, -0.25) is 0 Å². The summed E-state index contributed by atoms with van der Waals surface area (Å²) in [6, 6.07) is 13.1. The molecule has 0 amide bonds. The molecule has 20 heavy (non-hydrogen) atoms. The number of nitrogens with one attached hydrogen (secondary N) is 2. The lowest BCUT2D eigenvalue weighted by molar-refractivity contribution is 0.480. The zero-order chi connectivity index (χ0) is 13.4. The van der Waals surface area contributed by atoms with E-state index in [0.29, 0.717) is 0 Å². The Morgan fingerprint density at radius 2 is 2.00 bits per heavy atom. The van der Waals surface area contributed by atoms with Crippen LogP contribution in [-0.4, -0.2) is 9.97 Å². The minimum absolute atomic E-state index is 0.276. The fourth-order valence-electron chi connectivity index (χ4n) is 2.72. The molecule has 1 unspecified atom stereocenters. The SMILES string of the molecule is c1csc(-c2cnc(C3Cc4ccccc4CN3)[nH]2)c1. The van der Waals surface area contributed by atoms with Gasteiger partial charge in [0, 0.05) is 6.54 Å². The van der Waals surface area contributed by atoms with Gasteiger partial charge in [-0.2, -0.15) is 0 Å². The number of hydrogen-bond donors (Lipinski definition) is 2. The van der Waals surface area contributed by atoms with E-state index in [-0.39, 0.29) is 6.04 Å². The largest absolute Gasteiger partial charge is 0.340 e. The third-order valence-electron chi connectivity index (χ3n) is 3.79. The molecule has 0 fully saturated rings. The second-order valence-corrected chi connectivity index (χ2v) is 6.01. The van der Waals surface area contributed by atoms with Gasteiger partial charge in [-0.25, -0.2) is 4.98 Å². The number of fused-ring (bicyclic) bond motifs is 1. The van der Waals surface area contributed by atoms with E-state index in [2.05, 4.69) is 57.1 Å². The Morgan fingerprint density at radius 3 is 2.85 bits per heavy atom. The van der Waals surface area contributed by atoms with Gasteiger partial charge >= 0.3 is 0 Å². The summed E-state index contributed by atoms with van der Waals surface area (Å²) in [6.07, 6.45) is 2.93. The van der Waals surface area contributed by atoms with E-state index in [9.17, 15) is 0 Å². The standard InChI is InChI=1S/C16H15N3S/c1-2-5-12-9-17-13(8-11(12)4-1)16-18-10-14(19-16)15-6-3-7-20-15/h1-7,10,13,17H,8-9H2,(H,18,19). The Bertz CT molecular complexity index is 715. The van der Waals surface area contributed by atoms with Crippen LogP contribution in [0.5, 0.6) is 0 Å². The molecule has 0 bridgehead atoms. The van der Waals surface area contributed by atoms with Gasteiger partial charge < -0.3 is 10.3 Å². The molecule has 100 valence electrons. The Balaban J connectivity index is 1.60. The van der Waals surface area contributed by atoms with Crippen molar-refractivity contribution in [2.24, 2.45) is 0 Å². The highest BCUT2D eigenvalue weighted by atomic mass is 32.1. The van der Waals surface area contributed by atoms with Crippen LogP contribution in [-0.2, 0) is 13.0 Å². The van der Waals surface area contributed by atoms with Crippen LogP contribution in [0.3, 0.4) is 0 Å². The van der Waals surface area contributed by atoms with Crippen LogP contribution in [0.2, 0.25) is 0 Å².